The monoisotopic (exact) mass is 322 g/mol. The molecule has 3 aromatic rings. The predicted octanol–water partition coefficient (Wildman–Crippen LogP) is 1.35. The van der Waals surface area contributed by atoms with Crippen molar-refractivity contribution in [1.82, 2.24) is 0 Å². The molecule has 0 heterocycles. The average molecular weight is 322 g/mol. The van der Waals surface area contributed by atoms with Crippen LogP contribution in [0, 0.1) is 0 Å². The van der Waals surface area contributed by atoms with Crippen molar-refractivity contribution < 1.29 is 56.1 Å². The van der Waals surface area contributed by atoms with Crippen LogP contribution in [0.5, 0.6) is 0 Å². The number of hydrogen-bond acceptors (Lipinski definition) is 3. The quantitative estimate of drug-likeness (QED) is 0.305. The van der Waals surface area contributed by atoms with Crippen LogP contribution in [0.3, 0.4) is 0 Å². The molecule has 4 heteroatoms. The minimum absolute atomic E-state index is 0. The Labute approximate surface area is 171 Å². The van der Waals surface area contributed by atoms with Gasteiger partial charge >= 0.3 is 51.4 Å². The summed E-state index contributed by atoms with van der Waals surface area (Å²) in [6, 6.07) is 18.8. The van der Waals surface area contributed by atoms with E-state index in [2.05, 4.69) is 30.3 Å². The number of thiocarbonyl (C=S) groups is 1. The second-order valence-corrected chi connectivity index (χ2v) is 5.34. The normalized spacial score (nSPS) is 10.2. The second-order valence-electron chi connectivity index (χ2n) is 4.34. The second kappa shape index (κ2) is 7.27. The molecule has 3 rings (SSSR count). The average Bonchev–Trinajstić information content (AvgIpc) is 2.43. The third-order valence-corrected chi connectivity index (χ3v) is 3.45. The number of benzene rings is 3. The van der Waals surface area contributed by atoms with E-state index in [4.69, 9.17) is 29.6 Å². The molecule has 0 amide bonds. The molecule has 0 aliphatic heterocycles. The van der Waals surface area contributed by atoms with Crippen molar-refractivity contribution in [3.8, 4) is 0 Å². The largest absolute Gasteiger partial charge is 1.00 e. The van der Waals surface area contributed by atoms with E-state index in [-0.39, 0.29) is 55.8 Å². The Bertz CT molecular complexity index is 717. The van der Waals surface area contributed by atoms with Gasteiger partial charge in [0.2, 0.25) is 0 Å². The summed E-state index contributed by atoms with van der Waals surface area (Å²) in [4.78, 5) is 0. The van der Waals surface area contributed by atoms with E-state index in [0.717, 1.165) is 5.56 Å². The van der Waals surface area contributed by atoms with Crippen LogP contribution in [0.4, 0.5) is 0 Å². The van der Waals surface area contributed by atoms with Crippen molar-refractivity contribution in [1.29, 1.82) is 0 Å². The number of ether oxygens (including phenoxy) is 1. The summed E-state index contributed by atoms with van der Waals surface area (Å²) in [5, 5.41) is 4.78. The van der Waals surface area contributed by atoms with Gasteiger partial charge in [-0.15, -0.1) is 0 Å². The minimum Gasteiger partial charge on any atom is -0.509 e. The van der Waals surface area contributed by atoms with E-state index >= 15 is 0 Å². The summed E-state index contributed by atoms with van der Waals surface area (Å²) in [5.41, 5.74) is 1.14. The van der Waals surface area contributed by atoms with Gasteiger partial charge in [0.1, 0.15) is 6.61 Å². The molecule has 0 aliphatic rings. The van der Waals surface area contributed by atoms with Gasteiger partial charge in [-0.05, 0) is 27.6 Å². The van der Waals surface area contributed by atoms with Crippen molar-refractivity contribution in [2.75, 3.05) is 0 Å². The molecule has 20 heavy (non-hydrogen) atoms. The van der Waals surface area contributed by atoms with Crippen molar-refractivity contribution >= 4 is 50.8 Å². The Balaban J connectivity index is 0.00000147. The molecular formula is C16H11KOS2. The van der Waals surface area contributed by atoms with E-state index in [0.29, 0.717) is 6.61 Å². The standard InChI is InChI=1S/C16H12OS2.K/c18-16(19)17-10-15-13-7-3-1-5-11(13)9-12-6-2-4-8-14(12)15;/h1-9H,10H2,(H,18,19);/q;+1/p-1. The fourth-order valence-corrected chi connectivity index (χ4v) is 2.51. The van der Waals surface area contributed by atoms with E-state index in [9.17, 15) is 0 Å². The molecular weight excluding hydrogens is 311 g/mol. The van der Waals surface area contributed by atoms with Crippen LogP contribution in [0.1, 0.15) is 5.56 Å². The molecule has 3 aromatic carbocycles. The smallest absolute Gasteiger partial charge is 0.509 e. The molecule has 0 aliphatic carbocycles. The maximum absolute atomic E-state index is 5.39. The molecule has 1 nitrogen and oxygen atoms in total. The van der Waals surface area contributed by atoms with E-state index in [1.807, 2.05) is 24.3 Å². The van der Waals surface area contributed by atoms with Gasteiger partial charge in [-0.3, -0.25) is 0 Å². The van der Waals surface area contributed by atoms with Gasteiger partial charge in [-0.2, -0.15) is 0 Å². The molecule has 0 radical (unpaired) electrons. The minimum atomic E-state index is 0. The first kappa shape index (κ1) is 16.3. The molecule has 0 atom stereocenters. The van der Waals surface area contributed by atoms with Gasteiger partial charge in [-0.25, -0.2) is 0 Å². The molecule has 0 N–H and O–H groups in total. The number of fused-ring (bicyclic) bond motifs is 2. The van der Waals surface area contributed by atoms with Crippen LogP contribution in [0.25, 0.3) is 21.5 Å². The first-order valence-electron chi connectivity index (χ1n) is 5.99. The van der Waals surface area contributed by atoms with Gasteiger partial charge in [0, 0.05) is 9.95 Å². The molecule has 0 unspecified atom stereocenters. The third-order valence-electron chi connectivity index (χ3n) is 3.22. The zero-order chi connectivity index (χ0) is 13.2. The number of hydrogen-bond donors (Lipinski definition) is 0. The molecule has 94 valence electrons. The maximum Gasteiger partial charge on any atom is 1.00 e. The van der Waals surface area contributed by atoms with E-state index in [1.54, 1.807) is 0 Å². The molecule has 0 saturated heterocycles. The topological polar surface area (TPSA) is 9.23 Å². The van der Waals surface area contributed by atoms with Gasteiger partial charge in [0.25, 0.3) is 0 Å². The molecule has 0 bridgehead atoms. The third kappa shape index (κ3) is 3.39. The van der Waals surface area contributed by atoms with Gasteiger partial charge in [-0.1, -0.05) is 48.5 Å². The molecule has 0 saturated carbocycles. The predicted molar refractivity (Wildman–Crippen MR) is 86.2 cm³/mol. The summed E-state index contributed by atoms with van der Waals surface area (Å²) in [6.07, 6.45) is 0. The Morgan fingerprint density at radius 3 is 1.95 bits per heavy atom. The molecule has 0 fully saturated rings. The summed E-state index contributed by atoms with van der Waals surface area (Å²) in [7, 11) is 0. The zero-order valence-corrected chi connectivity index (χ0v) is 15.9. The summed E-state index contributed by atoms with van der Waals surface area (Å²) >= 11 is 9.67. The summed E-state index contributed by atoms with van der Waals surface area (Å²) < 4.78 is 5.55. The van der Waals surface area contributed by atoms with Crippen LogP contribution in [0.15, 0.2) is 54.6 Å². The molecule has 0 aromatic heterocycles. The Morgan fingerprint density at radius 2 is 1.45 bits per heavy atom. The van der Waals surface area contributed by atoms with Crippen LogP contribution < -0.4 is 51.4 Å². The van der Waals surface area contributed by atoms with Gasteiger partial charge in [0.05, 0.1) is 0 Å². The van der Waals surface area contributed by atoms with Crippen molar-refractivity contribution in [3.05, 3.63) is 60.2 Å². The SMILES string of the molecule is S=C([S-])OCc1c2ccccc2cc2ccccc12.[K+]. The van der Waals surface area contributed by atoms with Crippen LogP contribution in [0.2, 0.25) is 0 Å². The fourth-order valence-electron chi connectivity index (χ4n) is 2.39. The Morgan fingerprint density at radius 1 is 0.950 bits per heavy atom. The van der Waals surface area contributed by atoms with Crippen molar-refractivity contribution in [3.63, 3.8) is 0 Å². The zero-order valence-electron chi connectivity index (χ0n) is 11.1. The Kier molecular flexibility index (Phi) is 5.92. The Hall–Kier alpha value is -0.0736. The summed E-state index contributed by atoms with van der Waals surface area (Å²) in [6.45, 7) is 0.421. The van der Waals surface area contributed by atoms with E-state index < -0.39 is 0 Å². The first-order chi connectivity index (χ1) is 9.25. The van der Waals surface area contributed by atoms with Crippen molar-refractivity contribution in [2.45, 2.75) is 6.61 Å². The van der Waals surface area contributed by atoms with Crippen molar-refractivity contribution in [2.24, 2.45) is 0 Å². The maximum atomic E-state index is 5.39. The van der Waals surface area contributed by atoms with Crippen LogP contribution in [-0.4, -0.2) is 4.38 Å². The van der Waals surface area contributed by atoms with Gasteiger partial charge in [0.15, 0.2) is 0 Å². The fraction of sp³-hybridized carbons (Fsp3) is 0.0625. The number of rotatable bonds is 2. The van der Waals surface area contributed by atoms with Gasteiger partial charge < -0.3 is 29.6 Å². The van der Waals surface area contributed by atoms with E-state index in [1.165, 1.54) is 21.5 Å². The van der Waals surface area contributed by atoms with Crippen LogP contribution >= 0.6 is 12.2 Å². The van der Waals surface area contributed by atoms with Crippen LogP contribution in [-0.2, 0) is 24.0 Å². The summed E-state index contributed by atoms with van der Waals surface area (Å²) in [5.74, 6) is 0. The molecule has 0 spiro atoms. The first-order valence-corrected chi connectivity index (χ1v) is 6.80.